The number of nitrogens with zero attached hydrogens (tertiary/aromatic N) is 3. The lowest BCUT2D eigenvalue weighted by Crippen LogP contribution is -2.36. The second-order valence-corrected chi connectivity index (χ2v) is 6.22. The average Bonchev–Trinajstić information content (AvgIpc) is 2.87. The highest BCUT2D eigenvalue weighted by Gasteiger charge is 2.16. The highest BCUT2D eigenvalue weighted by molar-refractivity contribution is 7.99. The van der Waals surface area contributed by atoms with E-state index in [1.54, 1.807) is 13.2 Å². The third-order valence-electron chi connectivity index (χ3n) is 2.94. The Labute approximate surface area is 143 Å². The van der Waals surface area contributed by atoms with Gasteiger partial charge in [-0.3, -0.25) is 4.79 Å². The van der Waals surface area contributed by atoms with E-state index in [1.165, 1.54) is 16.4 Å². The van der Waals surface area contributed by atoms with Gasteiger partial charge in [0.25, 0.3) is 0 Å². The molecule has 0 saturated carbocycles. The number of benzene rings is 1. The predicted octanol–water partition coefficient (Wildman–Crippen LogP) is 1.56. The second-order valence-electron chi connectivity index (χ2n) is 4.87. The molecule has 0 radical (unpaired) electrons. The third-order valence-corrected chi connectivity index (χ3v) is 4.21. The van der Waals surface area contributed by atoms with E-state index in [4.69, 9.17) is 22.2 Å². The van der Waals surface area contributed by atoms with Crippen LogP contribution in [-0.2, 0) is 9.53 Å². The molecule has 0 bridgehead atoms. The van der Waals surface area contributed by atoms with Crippen LogP contribution in [0.5, 0.6) is 0 Å². The Bertz CT molecular complexity index is 679. The van der Waals surface area contributed by atoms with Gasteiger partial charge in [-0.15, -0.1) is 10.2 Å². The number of aromatic nitrogens is 3. The molecule has 1 atom stereocenters. The molecule has 2 aromatic rings. The SMILES string of the molecule is COC[C@H](C)NC(=O)CSc1nnc(-c2ccccc2Cl)n1N. The van der Waals surface area contributed by atoms with Crippen molar-refractivity contribution in [1.29, 1.82) is 0 Å². The standard InChI is InChI=1S/C14H18ClN5O2S/c1-9(7-22-2)17-12(21)8-23-14-19-18-13(20(14)16)10-5-3-4-6-11(10)15/h3-6,9H,7-8,16H2,1-2H3,(H,17,21)/t9-/m0/s1. The van der Waals surface area contributed by atoms with Crippen LogP contribution in [0.2, 0.25) is 5.02 Å². The number of carbonyl (C=O) groups is 1. The maximum Gasteiger partial charge on any atom is 0.230 e. The fraction of sp³-hybridized carbons (Fsp3) is 0.357. The molecular weight excluding hydrogens is 338 g/mol. The number of halogens is 1. The van der Waals surface area contributed by atoms with E-state index in [2.05, 4.69) is 15.5 Å². The lowest BCUT2D eigenvalue weighted by molar-refractivity contribution is -0.119. The molecule has 23 heavy (non-hydrogen) atoms. The van der Waals surface area contributed by atoms with Crippen molar-refractivity contribution in [2.45, 2.75) is 18.1 Å². The van der Waals surface area contributed by atoms with Crippen molar-refractivity contribution in [3.63, 3.8) is 0 Å². The number of thioether (sulfide) groups is 1. The first-order valence-electron chi connectivity index (χ1n) is 6.89. The summed E-state index contributed by atoms with van der Waals surface area (Å²) in [6, 6.07) is 7.17. The van der Waals surface area contributed by atoms with E-state index >= 15 is 0 Å². The number of amides is 1. The van der Waals surface area contributed by atoms with Gasteiger partial charge in [0.1, 0.15) is 0 Å². The monoisotopic (exact) mass is 355 g/mol. The molecule has 1 heterocycles. The first-order valence-corrected chi connectivity index (χ1v) is 8.25. The fourth-order valence-electron chi connectivity index (χ4n) is 1.94. The normalized spacial score (nSPS) is 12.1. The summed E-state index contributed by atoms with van der Waals surface area (Å²) in [5.74, 6) is 6.51. The number of rotatable bonds is 7. The van der Waals surface area contributed by atoms with E-state index in [0.29, 0.717) is 28.2 Å². The Morgan fingerprint density at radius 3 is 2.91 bits per heavy atom. The van der Waals surface area contributed by atoms with Crippen LogP contribution < -0.4 is 11.2 Å². The van der Waals surface area contributed by atoms with Crippen LogP contribution in [0.1, 0.15) is 6.92 Å². The zero-order valence-electron chi connectivity index (χ0n) is 12.8. The molecule has 0 aliphatic heterocycles. The molecular formula is C14H18ClN5O2S. The molecule has 7 nitrogen and oxygen atoms in total. The number of ether oxygens (including phenoxy) is 1. The molecule has 1 aromatic heterocycles. The van der Waals surface area contributed by atoms with E-state index in [0.717, 1.165) is 0 Å². The molecule has 0 aliphatic carbocycles. The molecule has 1 aromatic carbocycles. The molecule has 1 amide bonds. The van der Waals surface area contributed by atoms with Gasteiger partial charge in [-0.2, -0.15) is 0 Å². The van der Waals surface area contributed by atoms with Crippen LogP contribution >= 0.6 is 23.4 Å². The number of nitrogens with one attached hydrogen (secondary N) is 1. The summed E-state index contributed by atoms with van der Waals surface area (Å²) in [6.45, 7) is 2.33. The van der Waals surface area contributed by atoms with Crippen LogP contribution in [0.3, 0.4) is 0 Å². The fourth-order valence-corrected chi connectivity index (χ4v) is 2.83. The first kappa shape index (κ1) is 17.6. The topological polar surface area (TPSA) is 95.1 Å². The molecule has 0 unspecified atom stereocenters. The summed E-state index contributed by atoms with van der Waals surface area (Å²) in [5.41, 5.74) is 0.689. The third kappa shape index (κ3) is 4.60. The maximum atomic E-state index is 11.8. The number of methoxy groups -OCH3 is 1. The van der Waals surface area contributed by atoms with Crippen LogP contribution in [0.4, 0.5) is 0 Å². The Morgan fingerprint density at radius 1 is 1.48 bits per heavy atom. The van der Waals surface area contributed by atoms with Crippen molar-refractivity contribution in [1.82, 2.24) is 20.2 Å². The van der Waals surface area contributed by atoms with Crippen molar-refractivity contribution < 1.29 is 9.53 Å². The Morgan fingerprint density at radius 2 is 2.22 bits per heavy atom. The molecule has 0 saturated heterocycles. The van der Waals surface area contributed by atoms with Crippen LogP contribution in [0, 0.1) is 0 Å². The van der Waals surface area contributed by atoms with Gasteiger partial charge in [0.2, 0.25) is 11.1 Å². The zero-order valence-corrected chi connectivity index (χ0v) is 14.4. The summed E-state index contributed by atoms with van der Waals surface area (Å²) < 4.78 is 6.30. The van der Waals surface area contributed by atoms with Gasteiger partial charge < -0.3 is 15.9 Å². The summed E-state index contributed by atoms with van der Waals surface area (Å²) >= 11 is 7.34. The van der Waals surface area contributed by atoms with E-state index in [-0.39, 0.29) is 17.7 Å². The smallest absolute Gasteiger partial charge is 0.230 e. The quantitative estimate of drug-likeness (QED) is 0.578. The largest absolute Gasteiger partial charge is 0.383 e. The molecule has 9 heteroatoms. The van der Waals surface area contributed by atoms with Crippen molar-refractivity contribution in [2.75, 3.05) is 25.3 Å². The number of nitrogens with two attached hydrogens (primary N) is 1. The molecule has 124 valence electrons. The second kappa shape index (κ2) is 8.19. The predicted molar refractivity (Wildman–Crippen MR) is 90.8 cm³/mol. The lowest BCUT2D eigenvalue weighted by Gasteiger charge is -2.12. The van der Waals surface area contributed by atoms with Gasteiger partial charge in [-0.05, 0) is 19.1 Å². The van der Waals surface area contributed by atoms with Gasteiger partial charge >= 0.3 is 0 Å². The van der Waals surface area contributed by atoms with Crippen LogP contribution in [0.15, 0.2) is 29.4 Å². The van der Waals surface area contributed by atoms with Gasteiger partial charge in [0.15, 0.2) is 5.82 Å². The maximum absolute atomic E-state index is 11.8. The molecule has 0 aliphatic rings. The van der Waals surface area contributed by atoms with Crippen LogP contribution in [-0.4, -0.2) is 46.3 Å². The highest BCUT2D eigenvalue weighted by atomic mass is 35.5. The summed E-state index contributed by atoms with van der Waals surface area (Å²) in [6.07, 6.45) is 0. The van der Waals surface area contributed by atoms with Crippen LogP contribution in [0.25, 0.3) is 11.4 Å². The lowest BCUT2D eigenvalue weighted by atomic mass is 10.2. The van der Waals surface area contributed by atoms with Gasteiger partial charge in [-0.1, -0.05) is 35.5 Å². The van der Waals surface area contributed by atoms with Crippen molar-refractivity contribution in [3.05, 3.63) is 29.3 Å². The number of nitrogen functional groups attached to an aromatic ring is 1. The minimum Gasteiger partial charge on any atom is -0.383 e. The molecule has 3 N–H and O–H groups in total. The van der Waals surface area contributed by atoms with E-state index in [9.17, 15) is 4.79 Å². The van der Waals surface area contributed by atoms with Gasteiger partial charge in [0.05, 0.1) is 17.4 Å². The minimum atomic E-state index is -0.123. The average molecular weight is 356 g/mol. The van der Waals surface area contributed by atoms with E-state index < -0.39 is 0 Å². The van der Waals surface area contributed by atoms with Gasteiger partial charge in [0, 0.05) is 18.7 Å². The Balaban J connectivity index is 2.00. The summed E-state index contributed by atoms with van der Waals surface area (Å²) in [7, 11) is 1.59. The minimum absolute atomic E-state index is 0.0532. The molecule has 0 fully saturated rings. The Hall–Kier alpha value is -1.77. The highest BCUT2D eigenvalue weighted by Crippen LogP contribution is 2.27. The van der Waals surface area contributed by atoms with Crippen molar-refractivity contribution in [3.8, 4) is 11.4 Å². The number of carbonyl (C=O) groups excluding carboxylic acids is 1. The summed E-state index contributed by atoms with van der Waals surface area (Å²) in [4.78, 5) is 11.8. The van der Waals surface area contributed by atoms with Gasteiger partial charge in [-0.25, -0.2) is 4.68 Å². The van der Waals surface area contributed by atoms with Crippen molar-refractivity contribution >= 4 is 29.3 Å². The Kier molecular flexibility index (Phi) is 6.26. The summed E-state index contributed by atoms with van der Waals surface area (Å²) in [5, 5.41) is 11.8. The van der Waals surface area contributed by atoms with E-state index in [1.807, 2.05) is 25.1 Å². The van der Waals surface area contributed by atoms with Crippen molar-refractivity contribution in [2.24, 2.45) is 0 Å². The number of hydrogen-bond acceptors (Lipinski definition) is 6. The zero-order chi connectivity index (χ0) is 16.8. The molecule has 0 spiro atoms. The molecule has 2 rings (SSSR count). The number of hydrogen-bond donors (Lipinski definition) is 2. The first-order chi connectivity index (χ1) is 11.0.